The molecule has 0 spiro atoms. The van der Waals surface area contributed by atoms with Gasteiger partial charge in [-0.15, -0.1) is 22.7 Å². The number of rotatable bonds is 2. The van der Waals surface area contributed by atoms with Gasteiger partial charge in [-0.05, 0) is 40.5 Å². The molecule has 0 amide bonds. The van der Waals surface area contributed by atoms with Crippen LogP contribution < -0.4 is 0 Å². The highest BCUT2D eigenvalue weighted by Gasteiger charge is 2.12. The van der Waals surface area contributed by atoms with E-state index in [2.05, 4.69) is 109 Å². The van der Waals surface area contributed by atoms with E-state index in [1.165, 1.54) is 68.0 Å². The lowest BCUT2D eigenvalue weighted by molar-refractivity contribution is 1.45. The molecule has 0 aliphatic heterocycles. The smallest absolute Gasteiger partial charge is 0.0715 e. The Morgan fingerprint density at radius 3 is 2.03 bits per heavy atom. The Morgan fingerprint density at radius 2 is 1.17 bits per heavy atom. The van der Waals surface area contributed by atoms with E-state index < -0.39 is 0 Å². The summed E-state index contributed by atoms with van der Waals surface area (Å²) in [7, 11) is 0. The van der Waals surface area contributed by atoms with E-state index in [4.69, 9.17) is 4.98 Å². The minimum absolute atomic E-state index is 1.04. The SMILES string of the molecule is c1ccc2c(c1)sc1c(-c3ccc(-c4ccc5c(c4)ncc4sc6ccccc6c45)cc3)cccc12. The summed E-state index contributed by atoms with van der Waals surface area (Å²) in [6, 6.07) is 39.7. The van der Waals surface area contributed by atoms with Crippen LogP contribution in [0.2, 0.25) is 0 Å². The number of nitrogens with zero attached hydrogens (tertiary/aromatic N) is 1. The molecule has 8 rings (SSSR count). The van der Waals surface area contributed by atoms with Crippen LogP contribution in [0.4, 0.5) is 0 Å². The van der Waals surface area contributed by atoms with Crippen LogP contribution >= 0.6 is 22.7 Å². The molecule has 0 aliphatic carbocycles. The molecule has 0 saturated heterocycles. The molecule has 0 aliphatic rings. The lowest BCUT2D eigenvalue weighted by atomic mass is 9.98. The molecule has 3 heterocycles. The second-order valence-electron chi connectivity index (χ2n) is 9.19. The number of pyridine rings is 1. The highest BCUT2D eigenvalue weighted by Crippen LogP contribution is 2.41. The Kier molecular flexibility index (Phi) is 4.33. The maximum absolute atomic E-state index is 4.82. The van der Waals surface area contributed by atoms with E-state index >= 15 is 0 Å². The maximum Gasteiger partial charge on any atom is 0.0715 e. The van der Waals surface area contributed by atoms with Crippen molar-refractivity contribution >= 4 is 73.9 Å². The lowest BCUT2D eigenvalue weighted by Gasteiger charge is -2.08. The monoisotopic (exact) mass is 493 g/mol. The van der Waals surface area contributed by atoms with E-state index in [-0.39, 0.29) is 0 Å². The number of aromatic nitrogens is 1. The summed E-state index contributed by atoms with van der Waals surface area (Å²) >= 11 is 3.70. The Morgan fingerprint density at radius 1 is 0.472 bits per heavy atom. The van der Waals surface area contributed by atoms with Crippen LogP contribution in [0.1, 0.15) is 0 Å². The molecule has 0 fully saturated rings. The second-order valence-corrected chi connectivity index (χ2v) is 11.3. The highest BCUT2D eigenvalue weighted by molar-refractivity contribution is 7.26. The van der Waals surface area contributed by atoms with Gasteiger partial charge in [-0.25, -0.2) is 0 Å². The number of fused-ring (bicyclic) bond motifs is 8. The summed E-state index contributed by atoms with van der Waals surface area (Å²) in [5.74, 6) is 0. The van der Waals surface area contributed by atoms with Gasteiger partial charge in [0, 0.05) is 47.2 Å². The first-order valence-electron chi connectivity index (χ1n) is 12.0. The first-order valence-corrected chi connectivity index (χ1v) is 13.7. The fourth-order valence-electron chi connectivity index (χ4n) is 5.41. The quantitative estimate of drug-likeness (QED) is 0.233. The topological polar surface area (TPSA) is 12.9 Å². The number of hydrogen-bond donors (Lipinski definition) is 0. The first-order chi connectivity index (χ1) is 17.8. The third kappa shape index (κ3) is 2.97. The van der Waals surface area contributed by atoms with E-state index in [0.29, 0.717) is 0 Å². The molecule has 168 valence electrons. The van der Waals surface area contributed by atoms with Crippen LogP contribution in [-0.4, -0.2) is 4.98 Å². The van der Waals surface area contributed by atoms with Crippen molar-refractivity contribution in [2.24, 2.45) is 0 Å². The molecular weight excluding hydrogens is 475 g/mol. The Balaban J connectivity index is 1.23. The van der Waals surface area contributed by atoms with E-state index in [9.17, 15) is 0 Å². The van der Waals surface area contributed by atoms with Crippen molar-refractivity contribution < 1.29 is 0 Å². The zero-order valence-corrected chi connectivity index (χ0v) is 20.9. The van der Waals surface area contributed by atoms with Crippen molar-refractivity contribution in [1.29, 1.82) is 0 Å². The van der Waals surface area contributed by atoms with Crippen molar-refractivity contribution in [3.8, 4) is 22.3 Å². The van der Waals surface area contributed by atoms with Crippen LogP contribution in [0.3, 0.4) is 0 Å². The largest absolute Gasteiger partial charge is 0.255 e. The molecule has 0 radical (unpaired) electrons. The van der Waals surface area contributed by atoms with Gasteiger partial charge in [0.1, 0.15) is 0 Å². The van der Waals surface area contributed by atoms with Gasteiger partial charge < -0.3 is 0 Å². The Bertz CT molecular complexity index is 2100. The highest BCUT2D eigenvalue weighted by atomic mass is 32.1. The van der Waals surface area contributed by atoms with Crippen LogP contribution in [0.25, 0.3) is 73.5 Å². The average molecular weight is 494 g/mol. The number of benzene rings is 5. The summed E-state index contributed by atoms with van der Waals surface area (Å²) in [6.45, 7) is 0. The summed E-state index contributed by atoms with van der Waals surface area (Å²) < 4.78 is 5.26. The molecule has 8 aromatic rings. The average Bonchev–Trinajstić information content (AvgIpc) is 3.51. The molecule has 1 nitrogen and oxygen atoms in total. The fourth-order valence-corrected chi connectivity index (χ4v) is 7.74. The van der Waals surface area contributed by atoms with Gasteiger partial charge in [0.15, 0.2) is 0 Å². The zero-order chi connectivity index (χ0) is 23.6. The summed E-state index contributed by atoms with van der Waals surface area (Å²) in [5.41, 5.74) is 6.00. The van der Waals surface area contributed by atoms with E-state index in [1.807, 2.05) is 28.9 Å². The Labute approximate surface area is 215 Å². The first kappa shape index (κ1) is 20.2. The maximum atomic E-state index is 4.82. The molecule has 0 atom stereocenters. The van der Waals surface area contributed by atoms with Crippen LogP contribution in [-0.2, 0) is 0 Å². The van der Waals surface area contributed by atoms with Gasteiger partial charge in [0.2, 0.25) is 0 Å². The molecule has 0 bridgehead atoms. The molecule has 0 saturated carbocycles. The molecular formula is C33H19NS2. The van der Waals surface area contributed by atoms with Gasteiger partial charge >= 0.3 is 0 Å². The van der Waals surface area contributed by atoms with Crippen LogP contribution in [0.5, 0.6) is 0 Å². The van der Waals surface area contributed by atoms with E-state index in [1.54, 1.807) is 0 Å². The van der Waals surface area contributed by atoms with Gasteiger partial charge in [-0.3, -0.25) is 4.98 Å². The minimum Gasteiger partial charge on any atom is -0.255 e. The number of thiophene rings is 2. The predicted molar refractivity (Wildman–Crippen MR) is 158 cm³/mol. The zero-order valence-electron chi connectivity index (χ0n) is 19.2. The normalized spacial score (nSPS) is 11.9. The minimum atomic E-state index is 1.04. The van der Waals surface area contributed by atoms with Crippen molar-refractivity contribution in [2.75, 3.05) is 0 Å². The van der Waals surface area contributed by atoms with Crippen LogP contribution in [0, 0.1) is 0 Å². The van der Waals surface area contributed by atoms with Gasteiger partial charge in [0.05, 0.1) is 10.2 Å². The molecule has 36 heavy (non-hydrogen) atoms. The molecule has 0 N–H and O–H groups in total. The van der Waals surface area contributed by atoms with Crippen LogP contribution in [0.15, 0.2) is 115 Å². The second kappa shape index (κ2) is 7.72. The molecule has 0 unspecified atom stereocenters. The van der Waals surface area contributed by atoms with E-state index in [0.717, 1.165) is 5.52 Å². The number of hydrogen-bond acceptors (Lipinski definition) is 3. The molecule has 3 heteroatoms. The van der Waals surface area contributed by atoms with Gasteiger partial charge in [-0.2, -0.15) is 0 Å². The lowest BCUT2D eigenvalue weighted by Crippen LogP contribution is -1.84. The third-order valence-corrected chi connectivity index (χ3v) is 9.47. The van der Waals surface area contributed by atoms with Crippen molar-refractivity contribution in [3.05, 3.63) is 115 Å². The summed E-state index contributed by atoms with van der Waals surface area (Å²) in [4.78, 5) is 4.82. The summed E-state index contributed by atoms with van der Waals surface area (Å²) in [5, 5.41) is 6.54. The predicted octanol–water partition coefficient (Wildman–Crippen LogP) is 10.3. The Hall–Kier alpha value is -4.05. The van der Waals surface area contributed by atoms with Gasteiger partial charge in [0.25, 0.3) is 0 Å². The third-order valence-electron chi connectivity index (χ3n) is 7.14. The fraction of sp³-hybridized carbons (Fsp3) is 0. The van der Waals surface area contributed by atoms with Crippen molar-refractivity contribution in [3.63, 3.8) is 0 Å². The molecule has 3 aromatic heterocycles. The summed E-state index contributed by atoms with van der Waals surface area (Å²) in [6.07, 6.45) is 2.03. The van der Waals surface area contributed by atoms with Gasteiger partial charge in [-0.1, -0.05) is 91.0 Å². The van der Waals surface area contributed by atoms with Crippen molar-refractivity contribution in [2.45, 2.75) is 0 Å². The van der Waals surface area contributed by atoms with Crippen molar-refractivity contribution in [1.82, 2.24) is 4.98 Å². The standard InChI is InChI=1S/C33H19NS2/c1-3-10-29-24(6-1)25-9-5-8-23(33(25)36-29)21-14-12-20(13-15-21)22-16-17-26-28(18-22)34-19-31-32(26)27-7-2-4-11-30(27)35-31/h1-19H. The molecule has 5 aromatic carbocycles.